The van der Waals surface area contributed by atoms with Gasteiger partial charge in [0.15, 0.2) is 5.13 Å². The minimum absolute atomic E-state index is 0.0431. The van der Waals surface area contributed by atoms with Crippen LogP contribution in [0, 0.1) is 24.0 Å². The van der Waals surface area contributed by atoms with Crippen LogP contribution in [-0.2, 0) is 14.3 Å². The quantitative estimate of drug-likeness (QED) is 0.115. The summed E-state index contributed by atoms with van der Waals surface area (Å²) >= 11 is 0.873. The van der Waals surface area contributed by atoms with Crippen LogP contribution in [0.4, 0.5) is 10.8 Å². The van der Waals surface area contributed by atoms with Gasteiger partial charge in [-0.1, -0.05) is 11.3 Å². The molecule has 1 N–H and O–H groups in total. The number of anilines is 1. The molecule has 0 aliphatic carbocycles. The molecule has 1 atom stereocenters. The van der Waals surface area contributed by atoms with E-state index in [2.05, 4.69) is 4.98 Å². The van der Waals surface area contributed by atoms with Crippen molar-refractivity contribution in [3.05, 3.63) is 85.4 Å². The van der Waals surface area contributed by atoms with Crippen LogP contribution in [0.25, 0.3) is 5.76 Å². The highest BCUT2D eigenvalue weighted by Gasteiger charge is 2.48. The minimum Gasteiger partial charge on any atom is -0.507 e. The lowest BCUT2D eigenvalue weighted by atomic mass is 9.94. The van der Waals surface area contributed by atoms with Gasteiger partial charge in [0, 0.05) is 17.7 Å². The number of methoxy groups -OCH3 is 1. The Labute approximate surface area is 221 Å². The molecule has 1 fully saturated rings. The SMILES string of the molecule is CCOC(=O)c1sc(N2C(=O)C(=O)/C(=C(/O)c3ccc(OC)cc3C)C2c2ccc([N+](=O)[O-])cc2)nc1C. The Morgan fingerprint density at radius 2 is 1.87 bits per heavy atom. The Bertz CT molecular complexity index is 1490. The van der Waals surface area contributed by atoms with Crippen molar-refractivity contribution in [3.63, 3.8) is 0 Å². The third-order valence-corrected chi connectivity index (χ3v) is 7.14. The van der Waals surface area contributed by atoms with Gasteiger partial charge in [-0.3, -0.25) is 24.6 Å². The van der Waals surface area contributed by atoms with Crippen LogP contribution in [0.1, 0.15) is 45.0 Å². The number of non-ortho nitro benzene ring substituents is 1. The van der Waals surface area contributed by atoms with E-state index in [1.165, 1.54) is 31.4 Å². The Morgan fingerprint density at radius 1 is 1.18 bits per heavy atom. The van der Waals surface area contributed by atoms with Crippen LogP contribution < -0.4 is 9.64 Å². The van der Waals surface area contributed by atoms with Gasteiger partial charge in [-0.15, -0.1) is 0 Å². The molecule has 1 unspecified atom stereocenters. The van der Waals surface area contributed by atoms with E-state index in [1.807, 2.05) is 0 Å². The van der Waals surface area contributed by atoms with Crippen molar-refractivity contribution in [3.8, 4) is 5.75 Å². The zero-order valence-electron chi connectivity index (χ0n) is 20.9. The van der Waals surface area contributed by atoms with Gasteiger partial charge in [-0.2, -0.15) is 0 Å². The molecule has 1 amide bonds. The van der Waals surface area contributed by atoms with Gasteiger partial charge < -0.3 is 14.6 Å². The molecular formula is C26H23N3O8S. The second-order valence-electron chi connectivity index (χ2n) is 8.33. The van der Waals surface area contributed by atoms with Crippen LogP contribution in [0.3, 0.4) is 0 Å². The first-order chi connectivity index (χ1) is 18.1. The number of aliphatic hydroxyl groups excluding tert-OH is 1. The fraction of sp³-hybridized carbons (Fsp3) is 0.231. The van der Waals surface area contributed by atoms with Crippen LogP contribution in [-0.4, -0.2) is 46.4 Å². The fourth-order valence-electron chi connectivity index (χ4n) is 4.17. The van der Waals surface area contributed by atoms with Crippen LogP contribution in [0.5, 0.6) is 5.75 Å². The molecule has 12 heteroatoms. The third-order valence-electron chi connectivity index (χ3n) is 6.00. The molecular weight excluding hydrogens is 514 g/mol. The molecule has 38 heavy (non-hydrogen) atoms. The number of carbonyl (C=O) groups is 3. The summed E-state index contributed by atoms with van der Waals surface area (Å²) in [4.78, 5) is 55.4. The molecule has 1 saturated heterocycles. The average Bonchev–Trinajstić information content (AvgIpc) is 3.40. The van der Waals surface area contributed by atoms with Crippen molar-refractivity contribution >= 4 is 45.6 Å². The van der Waals surface area contributed by atoms with Crippen molar-refractivity contribution in [2.75, 3.05) is 18.6 Å². The summed E-state index contributed by atoms with van der Waals surface area (Å²) in [5.74, 6) is -2.44. The van der Waals surface area contributed by atoms with E-state index in [-0.39, 0.29) is 27.9 Å². The van der Waals surface area contributed by atoms with Crippen LogP contribution in [0.2, 0.25) is 0 Å². The summed E-state index contributed by atoms with van der Waals surface area (Å²) < 4.78 is 10.3. The second-order valence-corrected chi connectivity index (χ2v) is 9.31. The zero-order valence-corrected chi connectivity index (χ0v) is 21.7. The fourth-order valence-corrected chi connectivity index (χ4v) is 5.16. The number of Topliss-reactive ketones (excluding diaryl/α,β-unsaturated/α-hetero) is 1. The number of aryl methyl sites for hydroxylation is 2. The number of nitrogens with zero attached hydrogens (tertiary/aromatic N) is 3. The first-order valence-corrected chi connectivity index (χ1v) is 12.3. The summed E-state index contributed by atoms with van der Waals surface area (Å²) in [6, 6.07) is 8.96. The largest absolute Gasteiger partial charge is 0.507 e. The highest BCUT2D eigenvalue weighted by atomic mass is 32.1. The molecule has 1 aliphatic rings. The number of hydrogen-bond donors (Lipinski definition) is 1. The van der Waals surface area contributed by atoms with E-state index in [1.54, 1.807) is 39.0 Å². The minimum atomic E-state index is -1.17. The van der Waals surface area contributed by atoms with Crippen molar-refractivity contribution in [2.45, 2.75) is 26.8 Å². The number of esters is 1. The molecule has 3 aromatic rings. The lowest BCUT2D eigenvalue weighted by Gasteiger charge is -2.23. The van der Waals surface area contributed by atoms with Crippen LogP contribution >= 0.6 is 11.3 Å². The van der Waals surface area contributed by atoms with Gasteiger partial charge in [-0.05, 0) is 62.2 Å². The van der Waals surface area contributed by atoms with Crippen molar-refractivity contribution in [2.24, 2.45) is 0 Å². The number of nitro benzene ring substituents is 1. The molecule has 0 bridgehead atoms. The first-order valence-electron chi connectivity index (χ1n) is 11.4. The number of nitro groups is 1. The molecule has 2 aromatic carbocycles. The zero-order chi connectivity index (χ0) is 27.7. The number of aliphatic hydroxyl groups is 1. The Kier molecular flexibility index (Phi) is 7.26. The number of carbonyl (C=O) groups excluding carboxylic acids is 3. The summed E-state index contributed by atoms with van der Waals surface area (Å²) in [5, 5.41) is 22.6. The molecule has 1 aliphatic heterocycles. The molecule has 11 nitrogen and oxygen atoms in total. The maximum Gasteiger partial charge on any atom is 0.350 e. The molecule has 4 rings (SSSR count). The number of amides is 1. The topological polar surface area (TPSA) is 149 Å². The lowest BCUT2D eigenvalue weighted by molar-refractivity contribution is -0.384. The van der Waals surface area contributed by atoms with Gasteiger partial charge in [0.2, 0.25) is 0 Å². The lowest BCUT2D eigenvalue weighted by Crippen LogP contribution is -2.29. The summed E-state index contributed by atoms with van der Waals surface area (Å²) in [5.41, 5.74) is 1.12. The van der Waals surface area contributed by atoms with E-state index in [0.717, 1.165) is 16.2 Å². The Hall–Kier alpha value is -4.58. The molecule has 0 spiro atoms. The van der Waals surface area contributed by atoms with Crippen LogP contribution in [0.15, 0.2) is 48.0 Å². The number of thiazole rings is 1. The second kappa shape index (κ2) is 10.4. The number of ketones is 1. The van der Waals surface area contributed by atoms with Crippen molar-refractivity contribution in [1.82, 2.24) is 4.98 Å². The normalized spacial score (nSPS) is 16.5. The number of aromatic nitrogens is 1. The van der Waals surface area contributed by atoms with Gasteiger partial charge in [-0.25, -0.2) is 9.78 Å². The molecule has 0 saturated carbocycles. The maximum atomic E-state index is 13.4. The third kappa shape index (κ3) is 4.61. The van der Waals surface area contributed by atoms with E-state index in [0.29, 0.717) is 28.1 Å². The Morgan fingerprint density at radius 3 is 2.45 bits per heavy atom. The van der Waals surface area contributed by atoms with Gasteiger partial charge in [0.05, 0.1) is 35.9 Å². The molecule has 196 valence electrons. The average molecular weight is 538 g/mol. The smallest absolute Gasteiger partial charge is 0.350 e. The number of ether oxygens (including phenoxy) is 2. The highest BCUT2D eigenvalue weighted by Crippen LogP contribution is 2.44. The van der Waals surface area contributed by atoms with E-state index < -0.39 is 34.4 Å². The van der Waals surface area contributed by atoms with Crippen molar-refractivity contribution < 1.29 is 33.9 Å². The van der Waals surface area contributed by atoms with Crippen molar-refractivity contribution in [1.29, 1.82) is 0 Å². The van der Waals surface area contributed by atoms with E-state index in [4.69, 9.17) is 9.47 Å². The Balaban J connectivity index is 1.93. The molecule has 1 aromatic heterocycles. The predicted octanol–water partition coefficient (Wildman–Crippen LogP) is 4.48. The van der Waals surface area contributed by atoms with Gasteiger partial charge >= 0.3 is 11.9 Å². The number of benzene rings is 2. The molecule has 2 heterocycles. The van der Waals surface area contributed by atoms with Gasteiger partial charge in [0.1, 0.15) is 16.4 Å². The first kappa shape index (κ1) is 26.5. The summed E-state index contributed by atoms with van der Waals surface area (Å²) in [7, 11) is 1.50. The van der Waals surface area contributed by atoms with E-state index >= 15 is 0 Å². The maximum absolute atomic E-state index is 13.4. The van der Waals surface area contributed by atoms with E-state index in [9.17, 15) is 29.6 Å². The summed E-state index contributed by atoms with van der Waals surface area (Å²) in [6.45, 7) is 5.08. The summed E-state index contributed by atoms with van der Waals surface area (Å²) in [6.07, 6.45) is 0. The molecule has 0 radical (unpaired) electrons. The standard InChI is InChI=1S/C26H23N3O8S/c1-5-37-25(33)23-14(3)27-26(38-23)28-20(15-6-8-16(9-7-15)29(34)35)19(22(31)24(28)32)21(30)18-11-10-17(36-4)12-13(18)2/h6-12,20,30H,5H2,1-4H3/b21-19+. The predicted molar refractivity (Wildman–Crippen MR) is 138 cm³/mol. The number of hydrogen-bond acceptors (Lipinski definition) is 10. The monoisotopic (exact) mass is 537 g/mol. The number of rotatable bonds is 7. The van der Waals surface area contributed by atoms with Gasteiger partial charge in [0.25, 0.3) is 11.5 Å². The highest BCUT2D eigenvalue weighted by molar-refractivity contribution is 7.17.